The van der Waals surface area contributed by atoms with Gasteiger partial charge in [0.15, 0.2) is 0 Å². The predicted octanol–water partition coefficient (Wildman–Crippen LogP) is 6.70. The SMILES string of the molecule is CCCCCC[C@@H]1[C@@H](SC2CCCC2)[C@@H](C(=O)O)[C@H](c2ccc(C#N)cc2)N1S(=O)(=O)c1ccc(C)cc1. The highest BCUT2D eigenvalue weighted by Crippen LogP contribution is 2.52. The Kier molecular flexibility index (Phi) is 9.56. The summed E-state index contributed by atoms with van der Waals surface area (Å²) < 4.78 is 30.3. The van der Waals surface area contributed by atoms with Crippen molar-refractivity contribution < 1.29 is 18.3 Å². The number of benzene rings is 2. The van der Waals surface area contributed by atoms with E-state index in [1.54, 1.807) is 60.3 Å². The van der Waals surface area contributed by atoms with Crippen LogP contribution >= 0.6 is 11.8 Å². The third-order valence-corrected chi connectivity index (χ3v) is 11.6. The molecule has 0 amide bonds. The summed E-state index contributed by atoms with van der Waals surface area (Å²) >= 11 is 1.71. The topological polar surface area (TPSA) is 98.5 Å². The zero-order valence-corrected chi connectivity index (χ0v) is 23.9. The van der Waals surface area contributed by atoms with Gasteiger partial charge in [0.2, 0.25) is 10.0 Å². The van der Waals surface area contributed by atoms with E-state index in [1.165, 1.54) is 4.31 Å². The molecule has 1 saturated carbocycles. The molecule has 1 aliphatic carbocycles. The van der Waals surface area contributed by atoms with Crippen LogP contribution in [0.2, 0.25) is 0 Å². The smallest absolute Gasteiger partial charge is 0.309 e. The van der Waals surface area contributed by atoms with Crippen LogP contribution in [0.5, 0.6) is 0 Å². The number of thioether (sulfide) groups is 1. The lowest BCUT2D eigenvalue weighted by atomic mass is 9.92. The lowest BCUT2D eigenvalue weighted by molar-refractivity contribution is -0.142. The number of aliphatic carboxylic acids is 1. The Bertz CT molecular complexity index is 1230. The Hall–Kier alpha value is -2.34. The van der Waals surface area contributed by atoms with Gasteiger partial charge in [0.05, 0.1) is 28.5 Å². The lowest BCUT2D eigenvalue weighted by Crippen LogP contribution is -2.40. The monoisotopic (exact) mass is 554 g/mol. The maximum Gasteiger partial charge on any atom is 0.309 e. The van der Waals surface area contributed by atoms with Gasteiger partial charge in [-0.3, -0.25) is 4.79 Å². The molecule has 8 heteroatoms. The fraction of sp³-hybridized carbons (Fsp3) is 0.533. The van der Waals surface area contributed by atoms with Crippen molar-refractivity contribution in [3.05, 3.63) is 65.2 Å². The third-order valence-electron chi connectivity index (χ3n) is 7.94. The molecule has 2 aromatic carbocycles. The molecule has 2 fully saturated rings. The van der Waals surface area contributed by atoms with Crippen LogP contribution < -0.4 is 0 Å². The van der Waals surface area contributed by atoms with Crippen molar-refractivity contribution in [1.82, 2.24) is 4.31 Å². The second-order valence-electron chi connectivity index (χ2n) is 10.6. The number of nitrogens with zero attached hydrogens (tertiary/aromatic N) is 2. The zero-order valence-electron chi connectivity index (χ0n) is 22.3. The second kappa shape index (κ2) is 12.7. The molecule has 1 aliphatic heterocycles. The van der Waals surface area contributed by atoms with Crippen molar-refractivity contribution in [3.63, 3.8) is 0 Å². The number of carboxylic acid groups (broad SMARTS) is 1. The highest BCUT2D eigenvalue weighted by molar-refractivity contribution is 8.00. The van der Waals surface area contributed by atoms with E-state index < -0.39 is 34.0 Å². The minimum atomic E-state index is -4.00. The summed E-state index contributed by atoms with van der Waals surface area (Å²) in [6.45, 7) is 4.06. The molecular weight excluding hydrogens is 516 g/mol. The van der Waals surface area contributed by atoms with Gasteiger partial charge in [-0.1, -0.05) is 75.3 Å². The Balaban J connectivity index is 1.85. The molecular formula is C30H38N2O4S2. The van der Waals surface area contributed by atoms with E-state index in [4.69, 9.17) is 0 Å². The molecule has 0 spiro atoms. The zero-order chi connectivity index (χ0) is 27.3. The first-order valence-electron chi connectivity index (χ1n) is 13.8. The number of rotatable bonds is 11. The molecule has 204 valence electrons. The van der Waals surface area contributed by atoms with Crippen LogP contribution in [0.3, 0.4) is 0 Å². The number of nitriles is 1. The van der Waals surface area contributed by atoms with Gasteiger partial charge < -0.3 is 5.11 Å². The maximum absolute atomic E-state index is 14.4. The van der Waals surface area contributed by atoms with E-state index in [1.807, 2.05) is 6.92 Å². The van der Waals surface area contributed by atoms with Gasteiger partial charge in [0.1, 0.15) is 0 Å². The standard InChI is InChI=1S/C30H38N2O4S2/c1-3-4-5-6-11-26-29(37-24-9-7-8-10-24)27(30(33)34)28(23-16-14-22(20-31)15-17-23)32(26)38(35,36)25-18-12-21(2)13-19-25/h12-19,24,26-29H,3-11H2,1-2H3,(H,33,34)/t26-,27+,28+,29-/m1/s1. The van der Waals surface area contributed by atoms with Gasteiger partial charge in [-0.2, -0.15) is 21.3 Å². The maximum atomic E-state index is 14.4. The van der Waals surface area contributed by atoms with Crippen LogP contribution in [0.1, 0.15) is 87.4 Å². The largest absolute Gasteiger partial charge is 0.481 e. The molecule has 2 aromatic rings. The van der Waals surface area contributed by atoms with Crippen LogP contribution in [-0.2, 0) is 14.8 Å². The number of sulfonamides is 1. The molecule has 1 heterocycles. The Morgan fingerprint density at radius 1 is 1.05 bits per heavy atom. The van der Waals surface area contributed by atoms with E-state index in [0.717, 1.165) is 56.9 Å². The van der Waals surface area contributed by atoms with E-state index in [0.29, 0.717) is 22.8 Å². The Morgan fingerprint density at radius 3 is 2.29 bits per heavy atom. The summed E-state index contributed by atoms with van der Waals surface area (Å²) in [6.07, 6.45) is 8.97. The molecule has 0 unspecified atom stereocenters. The van der Waals surface area contributed by atoms with E-state index >= 15 is 0 Å². The van der Waals surface area contributed by atoms with Gasteiger partial charge in [-0.05, 0) is 56.0 Å². The van der Waals surface area contributed by atoms with Gasteiger partial charge in [0, 0.05) is 16.5 Å². The van der Waals surface area contributed by atoms with Gasteiger partial charge >= 0.3 is 5.97 Å². The van der Waals surface area contributed by atoms with Crippen LogP contribution in [-0.4, -0.2) is 40.3 Å². The summed E-state index contributed by atoms with van der Waals surface area (Å²) in [5.74, 6) is -1.85. The van der Waals surface area contributed by atoms with E-state index in [2.05, 4.69) is 13.0 Å². The van der Waals surface area contributed by atoms with Gasteiger partial charge in [-0.25, -0.2) is 8.42 Å². The molecule has 4 rings (SSSR count). The summed E-state index contributed by atoms with van der Waals surface area (Å²) in [5, 5.41) is 19.9. The number of carboxylic acids is 1. The average molecular weight is 555 g/mol. The number of hydrogen-bond acceptors (Lipinski definition) is 5. The number of carbonyl (C=O) groups is 1. The van der Waals surface area contributed by atoms with Crippen molar-refractivity contribution in [2.75, 3.05) is 0 Å². The van der Waals surface area contributed by atoms with Crippen molar-refractivity contribution in [3.8, 4) is 6.07 Å². The van der Waals surface area contributed by atoms with Crippen molar-refractivity contribution >= 4 is 27.8 Å². The van der Waals surface area contributed by atoms with E-state index in [9.17, 15) is 23.6 Å². The van der Waals surface area contributed by atoms with Crippen LogP contribution in [0.4, 0.5) is 0 Å². The van der Waals surface area contributed by atoms with Gasteiger partial charge in [-0.15, -0.1) is 0 Å². The van der Waals surface area contributed by atoms with Crippen molar-refractivity contribution in [1.29, 1.82) is 5.26 Å². The molecule has 38 heavy (non-hydrogen) atoms. The highest BCUT2D eigenvalue weighted by atomic mass is 32.2. The van der Waals surface area contributed by atoms with Crippen molar-refractivity contribution in [2.24, 2.45) is 5.92 Å². The Morgan fingerprint density at radius 2 is 1.71 bits per heavy atom. The van der Waals surface area contributed by atoms with Crippen LogP contribution in [0.15, 0.2) is 53.4 Å². The molecule has 1 saturated heterocycles. The quantitative estimate of drug-likeness (QED) is 0.311. The number of aryl methyl sites for hydroxylation is 1. The fourth-order valence-electron chi connectivity index (χ4n) is 5.97. The minimum Gasteiger partial charge on any atom is -0.481 e. The Labute approximate surface area is 231 Å². The molecule has 1 N–H and O–H groups in total. The second-order valence-corrected chi connectivity index (χ2v) is 13.9. The average Bonchev–Trinajstić information content (AvgIpc) is 3.53. The molecule has 0 aromatic heterocycles. The summed E-state index contributed by atoms with van der Waals surface area (Å²) in [4.78, 5) is 13.2. The first-order chi connectivity index (χ1) is 18.3. The number of hydrogen-bond donors (Lipinski definition) is 1. The predicted molar refractivity (Wildman–Crippen MR) is 151 cm³/mol. The van der Waals surface area contributed by atoms with Crippen LogP contribution in [0, 0.1) is 24.2 Å². The molecule has 4 atom stereocenters. The summed E-state index contributed by atoms with van der Waals surface area (Å²) in [5.41, 5.74) is 2.04. The van der Waals surface area contributed by atoms with Gasteiger partial charge in [0.25, 0.3) is 0 Å². The third kappa shape index (κ3) is 6.11. The molecule has 2 aliphatic rings. The highest BCUT2D eigenvalue weighted by Gasteiger charge is 2.57. The van der Waals surface area contributed by atoms with Crippen molar-refractivity contribution in [2.45, 2.75) is 99.1 Å². The lowest BCUT2D eigenvalue weighted by Gasteiger charge is -2.31. The van der Waals surface area contributed by atoms with E-state index in [-0.39, 0.29) is 10.1 Å². The first-order valence-corrected chi connectivity index (χ1v) is 16.1. The summed E-state index contributed by atoms with van der Waals surface area (Å²) in [6, 6.07) is 14.4. The molecule has 0 bridgehead atoms. The van der Waals surface area contributed by atoms with Crippen LogP contribution in [0.25, 0.3) is 0 Å². The molecule has 6 nitrogen and oxygen atoms in total. The normalized spacial score (nSPS) is 24.4. The molecule has 0 radical (unpaired) electrons. The fourth-order valence-corrected chi connectivity index (χ4v) is 9.84. The minimum absolute atomic E-state index is 0.191. The number of unbranched alkanes of at least 4 members (excludes halogenated alkanes) is 3. The first kappa shape index (κ1) is 28.7. The summed E-state index contributed by atoms with van der Waals surface area (Å²) in [7, 11) is -4.00.